The number of carbonyl (C=O) groups excluding carboxylic acids is 1. The molecular weight excluding hydrogens is 384 g/mol. The van der Waals surface area contributed by atoms with Crippen molar-refractivity contribution in [2.75, 3.05) is 11.3 Å². The molecule has 1 aliphatic heterocycles. The monoisotopic (exact) mass is 406 g/mol. The van der Waals surface area contributed by atoms with Crippen LogP contribution in [0.1, 0.15) is 27.0 Å². The van der Waals surface area contributed by atoms with Crippen molar-refractivity contribution >= 4 is 21.6 Å². The molecule has 0 spiro atoms. The summed E-state index contributed by atoms with van der Waals surface area (Å²) in [6.07, 6.45) is 0.749. The van der Waals surface area contributed by atoms with Crippen molar-refractivity contribution in [3.05, 3.63) is 95.1 Å². The number of anilines is 1. The molecule has 0 aromatic heterocycles. The molecule has 148 valence electrons. The second kappa shape index (κ2) is 7.72. The Morgan fingerprint density at radius 3 is 2.48 bits per heavy atom. The van der Waals surface area contributed by atoms with Crippen LogP contribution in [0.2, 0.25) is 0 Å². The van der Waals surface area contributed by atoms with Gasteiger partial charge in [0.2, 0.25) is 0 Å². The number of aryl methyl sites for hydroxylation is 1. The number of nitrogens with zero attached hydrogens (tertiary/aromatic N) is 1. The van der Waals surface area contributed by atoms with Crippen molar-refractivity contribution in [3.63, 3.8) is 0 Å². The van der Waals surface area contributed by atoms with Gasteiger partial charge >= 0.3 is 0 Å². The first kappa shape index (κ1) is 19.2. The Balaban J connectivity index is 1.55. The van der Waals surface area contributed by atoms with Crippen LogP contribution in [0.3, 0.4) is 0 Å². The SMILES string of the molecule is Cc1cccc(S(=O)(=O)Nc2ccc3c(c2)CN(C(=O)c2ccccc2)CC3)c1. The van der Waals surface area contributed by atoms with Gasteiger partial charge < -0.3 is 4.90 Å². The third kappa shape index (κ3) is 4.17. The summed E-state index contributed by atoms with van der Waals surface area (Å²) in [5, 5.41) is 0. The van der Waals surface area contributed by atoms with Crippen molar-refractivity contribution < 1.29 is 13.2 Å². The Hall–Kier alpha value is -3.12. The lowest BCUT2D eigenvalue weighted by Crippen LogP contribution is -2.36. The number of rotatable bonds is 4. The van der Waals surface area contributed by atoms with E-state index in [9.17, 15) is 13.2 Å². The molecule has 1 heterocycles. The van der Waals surface area contributed by atoms with Crippen molar-refractivity contribution in [2.45, 2.75) is 24.8 Å². The molecule has 0 saturated carbocycles. The number of fused-ring (bicyclic) bond motifs is 1. The second-order valence-electron chi connectivity index (χ2n) is 7.25. The van der Waals surface area contributed by atoms with Gasteiger partial charge in [0.25, 0.3) is 15.9 Å². The van der Waals surface area contributed by atoms with Crippen LogP contribution in [0.15, 0.2) is 77.7 Å². The van der Waals surface area contributed by atoms with Crippen molar-refractivity contribution in [1.82, 2.24) is 4.90 Å². The molecule has 0 radical (unpaired) electrons. The number of benzene rings is 3. The molecule has 0 atom stereocenters. The van der Waals surface area contributed by atoms with E-state index in [-0.39, 0.29) is 10.8 Å². The van der Waals surface area contributed by atoms with E-state index < -0.39 is 10.0 Å². The van der Waals surface area contributed by atoms with Gasteiger partial charge in [-0.1, -0.05) is 36.4 Å². The highest BCUT2D eigenvalue weighted by atomic mass is 32.2. The summed E-state index contributed by atoms with van der Waals surface area (Å²) in [4.78, 5) is 14.8. The number of carbonyl (C=O) groups is 1. The molecule has 4 rings (SSSR count). The Kier molecular flexibility index (Phi) is 5.11. The molecule has 0 unspecified atom stereocenters. The highest BCUT2D eigenvalue weighted by Gasteiger charge is 2.22. The van der Waals surface area contributed by atoms with Crippen LogP contribution < -0.4 is 4.72 Å². The van der Waals surface area contributed by atoms with Gasteiger partial charge in [0.1, 0.15) is 0 Å². The first-order valence-electron chi connectivity index (χ1n) is 9.48. The Morgan fingerprint density at radius 1 is 0.931 bits per heavy atom. The summed E-state index contributed by atoms with van der Waals surface area (Å²) in [7, 11) is -3.67. The van der Waals surface area contributed by atoms with Gasteiger partial charge in [-0.15, -0.1) is 0 Å². The van der Waals surface area contributed by atoms with E-state index in [0.717, 1.165) is 23.1 Å². The summed E-state index contributed by atoms with van der Waals surface area (Å²) < 4.78 is 28.1. The van der Waals surface area contributed by atoms with Gasteiger partial charge in [0.15, 0.2) is 0 Å². The average Bonchev–Trinajstić information content (AvgIpc) is 2.73. The predicted octanol–water partition coefficient (Wildman–Crippen LogP) is 3.99. The first-order valence-corrected chi connectivity index (χ1v) is 11.0. The van der Waals surface area contributed by atoms with E-state index >= 15 is 0 Å². The average molecular weight is 407 g/mol. The molecular formula is C23H22N2O3S. The van der Waals surface area contributed by atoms with Crippen LogP contribution in [0.5, 0.6) is 0 Å². The highest BCUT2D eigenvalue weighted by molar-refractivity contribution is 7.92. The summed E-state index contributed by atoms with van der Waals surface area (Å²) in [5.74, 6) is -0.0120. The second-order valence-corrected chi connectivity index (χ2v) is 8.93. The molecule has 5 nitrogen and oxygen atoms in total. The summed E-state index contributed by atoms with van der Waals surface area (Å²) in [6, 6.07) is 21.5. The van der Waals surface area contributed by atoms with E-state index in [1.807, 2.05) is 55.5 Å². The van der Waals surface area contributed by atoms with E-state index in [0.29, 0.717) is 24.3 Å². The topological polar surface area (TPSA) is 66.5 Å². The van der Waals surface area contributed by atoms with Gasteiger partial charge in [0.05, 0.1) is 4.90 Å². The summed E-state index contributed by atoms with van der Waals surface area (Å²) >= 11 is 0. The molecule has 1 N–H and O–H groups in total. The van der Waals surface area contributed by atoms with Gasteiger partial charge in [-0.05, 0) is 66.4 Å². The molecule has 29 heavy (non-hydrogen) atoms. The van der Waals surface area contributed by atoms with Crippen LogP contribution in [0.25, 0.3) is 0 Å². The minimum absolute atomic E-state index is 0.0120. The number of sulfonamides is 1. The normalized spacial score (nSPS) is 13.6. The Morgan fingerprint density at radius 2 is 1.72 bits per heavy atom. The van der Waals surface area contributed by atoms with Crippen LogP contribution in [-0.4, -0.2) is 25.8 Å². The molecule has 3 aromatic rings. The van der Waals surface area contributed by atoms with Crippen LogP contribution in [0, 0.1) is 6.92 Å². The Labute approximate surface area is 171 Å². The zero-order chi connectivity index (χ0) is 20.4. The lowest BCUT2D eigenvalue weighted by Gasteiger charge is -2.29. The molecule has 0 aliphatic carbocycles. The minimum Gasteiger partial charge on any atom is -0.334 e. The fourth-order valence-electron chi connectivity index (χ4n) is 3.55. The molecule has 0 bridgehead atoms. The van der Waals surface area contributed by atoms with Gasteiger partial charge in [-0.25, -0.2) is 8.42 Å². The maximum absolute atomic E-state index is 12.8. The number of amides is 1. The van der Waals surface area contributed by atoms with Crippen LogP contribution in [0.4, 0.5) is 5.69 Å². The third-order valence-electron chi connectivity index (χ3n) is 5.08. The third-order valence-corrected chi connectivity index (χ3v) is 6.46. The standard InChI is InChI=1S/C23H22N2O3S/c1-17-6-5-9-22(14-17)29(27,28)24-21-11-10-18-12-13-25(16-20(18)15-21)23(26)19-7-3-2-4-8-19/h2-11,14-15,24H,12-13,16H2,1H3. The lowest BCUT2D eigenvalue weighted by molar-refractivity contribution is 0.0734. The van der Waals surface area contributed by atoms with Crippen molar-refractivity contribution in [1.29, 1.82) is 0 Å². The van der Waals surface area contributed by atoms with Crippen molar-refractivity contribution in [3.8, 4) is 0 Å². The zero-order valence-electron chi connectivity index (χ0n) is 16.1. The van der Waals surface area contributed by atoms with E-state index in [2.05, 4.69) is 4.72 Å². The molecule has 0 saturated heterocycles. The lowest BCUT2D eigenvalue weighted by atomic mass is 9.98. The smallest absolute Gasteiger partial charge is 0.261 e. The maximum Gasteiger partial charge on any atom is 0.261 e. The number of hydrogen-bond donors (Lipinski definition) is 1. The fourth-order valence-corrected chi connectivity index (χ4v) is 4.71. The van der Waals surface area contributed by atoms with Gasteiger partial charge in [-0.2, -0.15) is 0 Å². The summed E-state index contributed by atoms with van der Waals surface area (Å²) in [5.41, 5.74) is 4.14. The molecule has 1 aliphatic rings. The van der Waals surface area contributed by atoms with Gasteiger partial charge in [-0.3, -0.25) is 9.52 Å². The first-order chi connectivity index (χ1) is 13.9. The quantitative estimate of drug-likeness (QED) is 0.712. The van der Waals surface area contributed by atoms with Crippen LogP contribution >= 0.6 is 0 Å². The Bertz CT molecular complexity index is 1160. The van der Waals surface area contributed by atoms with E-state index in [1.54, 1.807) is 29.2 Å². The maximum atomic E-state index is 12.8. The van der Waals surface area contributed by atoms with Gasteiger partial charge in [0, 0.05) is 24.3 Å². The molecule has 0 fully saturated rings. The van der Waals surface area contributed by atoms with Crippen molar-refractivity contribution in [2.24, 2.45) is 0 Å². The largest absolute Gasteiger partial charge is 0.334 e. The number of nitrogens with one attached hydrogen (secondary N) is 1. The predicted molar refractivity (Wildman–Crippen MR) is 113 cm³/mol. The summed E-state index contributed by atoms with van der Waals surface area (Å²) in [6.45, 7) is 2.97. The molecule has 6 heteroatoms. The molecule has 1 amide bonds. The number of hydrogen-bond acceptors (Lipinski definition) is 3. The van der Waals surface area contributed by atoms with E-state index in [4.69, 9.17) is 0 Å². The fraction of sp³-hybridized carbons (Fsp3) is 0.174. The van der Waals surface area contributed by atoms with E-state index in [1.165, 1.54) is 0 Å². The van der Waals surface area contributed by atoms with Crippen LogP contribution in [-0.2, 0) is 23.0 Å². The minimum atomic E-state index is -3.67. The highest BCUT2D eigenvalue weighted by Crippen LogP contribution is 2.25. The molecule has 3 aromatic carbocycles. The zero-order valence-corrected chi connectivity index (χ0v) is 16.9.